The first-order chi connectivity index (χ1) is 11.7. The lowest BCUT2D eigenvalue weighted by molar-refractivity contribution is -0.138. The Morgan fingerprint density at radius 3 is 2.36 bits per heavy atom. The number of Topliss-reactive ketones (excluding diaryl/α,β-unsaturated/α-hetero) is 1. The van der Waals surface area contributed by atoms with Crippen LogP contribution in [-0.4, -0.2) is 10.8 Å². The zero-order chi connectivity index (χ0) is 18.2. The zero-order valence-corrected chi connectivity index (χ0v) is 12.8. The predicted molar refractivity (Wildman–Crippen MR) is 82.3 cm³/mol. The van der Waals surface area contributed by atoms with Gasteiger partial charge in [-0.1, -0.05) is 6.07 Å². The fraction of sp³-hybridized carbons (Fsp3) is 0.167. The van der Waals surface area contributed by atoms with Crippen molar-refractivity contribution in [3.05, 3.63) is 70.9 Å². The minimum absolute atomic E-state index is 0.149. The van der Waals surface area contributed by atoms with Gasteiger partial charge in [0.15, 0.2) is 5.78 Å². The summed E-state index contributed by atoms with van der Waals surface area (Å²) in [5.41, 5.74) is -0.484. The third-order valence-electron chi connectivity index (χ3n) is 3.88. The van der Waals surface area contributed by atoms with Crippen LogP contribution in [0.25, 0.3) is 10.9 Å². The summed E-state index contributed by atoms with van der Waals surface area (Å²) in [5.74, 6) is -1.85. The van der Waals surface area contributed by atoms with Gasteiger partial charge in [0.05, 0.1) is 11.3 Å². The van der Waals surface area contributed by atoms with Crippen molar-refractivity contribution < 1.29 is 26.7 Å². The average molecular weight is 353 g/mol. The molecule has 25 heavy (non-hydrogen) atoms. The van der Waals surface area contributed by atoms with E-state index in [-0.39, 0.29) is 24.1 Å². The lowest BCUT2D eigenvalue weighted by atomic mass is 10.00. The van der Waals surface area contributed by atoms with Crippen LogP contribution in [0.2, 0.25) is 0 Å². The summed E-state index contributed by atoms with van der Waals surface area (Å²) in [6.45, 7) is 0. The van der Waals surface area contributed by atoms with Crippen molar-refractivity contribution in [2.75, 3.05) is 0 Å². The molecule has 0 radical (unpaired) electrons. The van der Waals surface area contributed by atoms with E-state index in [1.165, 1.54) is 24.3 Å². The molecule has 0 unspecified atom stereocenters. The van der Waals surface area contributed by atoms with Crippen molar-refractivity contribution in [2.24, 2.45) is 0 Å². The number of nitrogens with one attached hydrogen (secondary N) is 1. The first-order valence-corrected chi connectivity index (χ1v) is 7.41. The van der Waals surface area contributed by atoms with Gasteiger partial charge in [0, 0.05) is 17.3 Å². The molecular weight excluding hydrogens is 341 g/mol. The standard InChI is InChI=1S/C18H12F5NO/c19-12-4-5-15-11(7-12)8-16(24-15)17(25)6-2-10-1-3-13(20)9-14(10)18(21,22)23/h1,3-5,7-9,24H,2,6H2. The fourth-order valence-electron chi connectivity index (χ4n) is 2.67. The summed E-state index contributed by atoms with van der Waals surface area (Å²) in [6, 6.07) is 7.81. The molecule has 130 valence electrons. The van der Waals surface area contributed by atoms with Gasteiger partial charge in [-0.15, -0.1) is 0 Å². The summed E-state index contributed by atoms with van der Waals surface area (Å²) >= 11 is 0. The van der Waals surface area contributed by atoms with Gasteiger partial charge in [-0.2, -0.15) is 13.2 Å². The van der Waals surface area contributed by atoms with E-state index in [0.29, 0.717) is 17.0 Å². The second kappa shape index (κ2) is 6.31. The number of carbonyl (C=O) groups excluding carboxylic acids is 1. The smallest absolute Gasteiger partial charge is 0.352 e. The van der Waals surface area contributed by atoms with Crippen LogP contribution < -0.4 is 0 Å². The average Bonchev–Trinajstić information content (AvgIpc) is 2.95. The lowest BCUT2D eigenvalue weighted by Gasteiger charge is -2.12. The van der Waals surface area contributed by atoms with Gasteiger partial charge in [-0.05, 0) is 48.4 Å². The third-order valence-corrected chi connectivity index (χ3v) is 3.88. The number of hydrogen-bond acceptors (Lipinski definition) is 1. The van der Waals surface area contributed by atoms with Crippen LogP contribution in [0.1, 0.15) is 28.0 Å². The van der Waals surface area contributed by atoms with Gasteiger partial charge >= 0.3 is 6.18 Å². The Kier molecular flexibility index (Phi) is 4.32. The molecule has 0 fully saturated rings. The van der Waals surface area contributed by atoms with Crippen LogP contribution in [0.15, 0.2) is 42.5 Å². The lowest BCUT2D eigenvalue weighted by Crippen LogP contribution is -2.11. The molecule has 0 saturated heterocycles. The number of aromatic amines is 1. The van der Waals surface area contributed by atoms with E-state index in [1.54, 1.807) is 0 Å². The molecule has 3 rings (SSSR count). The summed E-state index contributed by atoms with van der Waals surface area (Å²) in [6.07, 6.45) is -5.07. The van der Waals surface area contributed by atoms with Crippen LogP contribution in [0.4, 0.5) is 22.0 Å². The molecule has 0 saturated carbocycles. The number of hydrogen-bond donors (Lipinski definition) is 1. The summed E-state index contributed by atoms with van der Waals surface area (Å²) < 4.78 is 65.1. The van der Waals surface area contributed by atoms with Crippen molar-refractivity contribution in [1.29, 1.82) is 0 Å². The normalized spacial score (nSPS) is 11.9. The van der Waals surface area contributed by atoms with Crippen LogP contribution in [-0.2, 0) is 12.6 Å². The number of rotatable bonds is 4. The number of benzene rings is 2. The Balaban J connectivity index is 1.80. The SMILES string of the molecule is O=C(CCc1ccc(F)cc1C(F)(F)F)c1cc2cc(F)ccc2[nH]1. The van der Waals surface area contributed by atoms with E-state index in [1.807, 2.05) is 0 Å². The number of ketones is 1. The molecule has 1 aromatic heterocycles. The van der Waals surface area contributed by atoms with Gasteiger partial charge in [0.25, 0.3) is 0 Å². The molecule has 1 heterocycles. The minimum Gasteiger partial charge on any atom is -0.352 e. The highest BCUT2D eigenvalue weighted by atomic mass is 19.4. The highest BCUT2D eigenvalue weighted by Gasteiger charge is 2.33. The van der Waals surface area contributed by atoms with E-state index in [9.17, 15) is 26.7 Å². The summed E-state index contributed by atoms with van der Waals surface area (Å²) in [7, 11) is 0. The van der Waals surface area contributed by atoms with E-state index in [0.717, 1.165) is 12.1 Å². The molecule has 0 spiro atoms. The Hall–Kier alpha value is -2.70. The first kappa shape index (κ1) is 17.1. The van der Waals surface area contributed by atoms with Gasteiger partial charge in [0.1, 0.15) is 11.6 Å². The van der Waals surface area contributed by atoms with Crippen molar-refractivity contribution in [3.8, 4) is 0 Å². The maximum absolute atomic E-state index is 13.2. The second-order valence-electron chi connectivity index (χ2n) is 5.64. The fourth-order valence-corrected chi connectivity index (χ4v) is 2.67. The molecule has 0 atom stereocenters. The van der Waals surface area contributed by atoms with Crippen LogP contribution in [0, 0.1) is 11.6 Å². The molecule has 0 bridgehead atoms. The van der Waals surface area contributed by atoms with Crippen LogP contribution in [0.3, 0.4) is 0 Å². The Morgan fingerprint density at radius 1 is 0.960 bits per heavy atom. The Bertz CT molecular complexity index is 942. The van der Waals surface area contributed by atoms with Gasteiger partial charge in [0.2, 0.25) is 0 Å². The number of aryl methyl sites for hydroxylation is 1. The topological polar surface area (TPSA) is 32.9 Å². The highest BCUT2D eigenvalue weighted by molar-refractivity contribution is 5.99. The number of carbonyl (C=O) groups is 1. The van der Waals surface area contributed by atoms with Crippen molar-refractivity contribution in [1.82, 2.24) is 4.98 Å². The molecule has 0 aliphatic carbocycles. The molecule has 3 aromatic rings. The number of alkyl halides is 3. The zero-order valence-electron chi connectivity index (χ0n) is 12.8. The number of H-pyrrole nitrogens is 1. The molecule has 0 amide bonds. The van der Waals surface area contributed by atoms with Crippen molar-refractivity contribution in [3.63, 3.8) is 0 Å². The molecule has 1 N–H and O–H groups in total. The van der Waals surface area contributed by atoms with Crippen molar-refractivity contribution >= 4 is 16.7 Å². The summed E-state index contributed by atoms with van der Waals surface area (Å²) in [4.78, 5) is 15.0. The van der Waals surface area contributed by atoms with E-state index >= 15 is 0 Å². The van der Waals surface area contributed by atoms with Gasteiger partial charge in [-0.25, -0.2) is 8.78 Å². The molecular formula is C18H12F5NO. The molecule has 2 nitrogen and oxygen atoms in total. The van der Waals surface area contributed by atoms with Gasteiger partial charge < -0.3 is 4.98 Å². The van der Waals surface area contributed by atoms with Crippen LogP contribution in [0.5, 0.6) is 0 Å². The summed E-state index contributed by atoms with van der Waals surface area (Å²) in [5, 5.41) is 0.501. The molecule has 7 heteroatoms. The number of fused-ring (bicyclic) bond motifs is 1. The molecule has 2 aromatic carbocycles. The molecule has 0 aliphatic heterocycles. The second-order valence-corrected chi connectivity index (χ2v) is 5.64. The van der Waals surface area contributed by atoms with E-state index in [2.05, 4.69) is 4.98 Å². The molecule has 0 aliphatic rings. The first-order valence-electron chi connectivity index (χ1n) is 7.41. The van der Waals surface area contributed by atoms with Crippen LogP contribution >= 0.6 is 0 Å². The number of aromatic nitrogens is 1. The largest absolute Gasteiger partial charge is 0.416 e. The van der Waals surface area contributed by atoms with Gasteiger partial charge in [-0.3, -0.25) is 4.79 Å². The van der Waals surface area contributed by atoms with E-state index < -0.39 is 29.2 Å². The third kappa shape index (κ3) is 3.70. The highest BCUT2D eigenvalue weighted by Crippen LogP contribution is 2.33. The maximum Gasteiger partial charge on any atom is 0.416 e. The Morgan fingerprint density at radius 2 is 1.64 bits per heavy atom. The maximum atomic E-state index is 13.2. The van der Waals surface area contributed by atoms with Crippen molar-refractivity contribution in [2.45, 2.75) is 19.0 Å². The predicted octanol–water partition coefficient (Wildman–Crippen LogP) is 5.28. The monoisotopic (exact) mass is 353 g/mol. The minimum atomic E-state index is -4.70. The Labute approximate surface area is 139 Å². The number of halogens is 5. The quantitative estimate of drug-likeness (QED) is 0.502. The van der Waals surface area contributed by atoms with E-state index in [4.69, 9.17) is 0 Å².